The molecule has 1 atom stereocenters. The largest absolute Gasteiger partial charge is 0.307 e. The first kappa shape index (κ1) is 16.4. The first-order valence-corrected chi connectivity index (χ1v) is 8.46. The molecule has 0 spiro atoms. The van der Waals surface area contributed by atoms with Gasteiger partial charge < -0.3 is 10.2 Å². The van der Waals surface area contributed by atoms with Gasteiger partial charge in [-0.05, 0) is 63.0 Å². The quantitative estimate of drug-likeness (QED) is 0.813. The van der Waals surface area contributed by atoms with E-state index >= 15 is 0 Å². The molecule has 21 heavy (non-hydrogen) atoms. The second kappa shape index (κ2) is 8.50. The van der Waals surface area contributed by atoms with Crippen LogP contribution in [0, 0.1) is 5.82 Å². The summed E-state index contributed by atoms with van der Waals surface area (Å²) in [6, 6.07) is 7.88. The maximum Gasteiger partial charge on any atom is 0.123 e. The SMILES string of the molecule is CCCCN1CCC(NC(CC)c2ccc(F)cc2)CC1. The van der Waals surface area contributed by atoms with Crippen molar-refractivity contribution in [2.75, 3.05) is 19.6 Å². The lowest BCUT2D eigenvalue weighted by Gasteiger charge is -2.34. The highest BCUT2D eigenvalue weighted by Gasteiger charge is 2.21. The van der Waals surface area contributed by atoms with Crippen molar-refractivity contribution in [1.29, 1.82) is 0 Å². The number of rotatable bonds is 7. The minimum atomic E-state index is -0.155. The molecule has 1 heterocycles. The smallest absolute Gasteiger partial charge is 0.123 e. The number of unbranched alkanes of at least 4 members (excludes halogenated alkanes) is 1. The molecule has 0 aromatic heterocycles. The Bertz CT molecular complexity index is 396. The molecule has 0 saturated carbocycles. The van der Waals surface area contributed by atoms with Crippen LogP contribution in [0.2, 0.25) is 0 Å². The second-order valence-electron chi connectivity index (χ2n) is 6.15. The molecule has 1 aromatic rings. The predicted octanol–water partition coefficient (Wildman–Crippen LogP) is 4.13. The summed E-state index contributed by atoms with van der Waals surface area (Å²) in [5.74, 6) is -0.155. The molecule has 0 radical (unpaired) electrons. The number of likely N-dealkylation sites (tertiary alicyclic amines) is 1. The van der Waals surface area contributed by atoms with Crippen LogP contribution in [0.3, 0.4) is 0 Å². The van der Waals surface area contributed by atoms with Gasteiger partial charge in [0.15, 0.2) is 0 Å². The average Bonchev–Trinajstić information content (AvgIpc) is 2.53. The van der Waals surface area contributed by atoms with Gasteiger partial charge in [-0.25, -0.2) is 4.39 Å². The van der Waals surface area contributed by atoms with Crippen LogP contribution in [0.4, 0.5) is 4.39 Å². The molecule has 2 rings (SSSR count). The third kappa shape index (κ3) is 5.08. The number of nitrogens with one attached hydrogen (secondary N) is 1. The van der Waals surface area contributed by atoms with Gasteiger partial charge in [-0.15, -0.1) is 0 Å². The Labute approximate surface area is 128 Å². The number of hydrogen-bond donors (Lipinski definition) is 1. The average molecular weight is 292 g/mol. The van der Waals surface area contributed by atoms with Crippen LogP contribution >= 0.6 is 0 Å². The van der Waals surface area contributed by atoms with Crippen LogP contribution < -0.4 is 5.32 Å². The van der Waals surface area contributed by atoms with E-state index in [0.29, 0.717) is 12.1 Å². The Morgan fingerprint density at radius 3 is 2.43 bits per heavy atom. The highest BCUT2D eigenvalue weighted by Crippen LogP contribution is 2.21. The van der Waals surface area contributed by atoms with Crippen LogP contribution in [0.25, 0.3) is 0 Å². The monoisotopic (exact) mass is 292 g/mol. The van der Waals surface area contributed by atoms with Crippen LogP contribution in [0.5, 0.6) is 0 Å². The summed E-state index contributed by atoms with van der Waals surface area (Å²) < 4.78 is 13.0. The number of halogens is 1. The first-order chi connectivity index (χ1) is 10.2. The molecule has 1 fully saturated rings. The van der Waals surface area contributed by atoms with E-state index < -0.39 is 0 Å². The van der Waals surface area contributed by atoms with Crippen LogP contribution in [-0.2, 0) is 0 Å². The van der Waals surface area contributed by atoms with Gasteiger partial charge >= 0.3 is 0 Å². The topological polar surface area (TPSA) is 15.3 Å². The predicted molar refractivity (Wildman–Crippen MR) is 86.9 cm³/mol. The van der Waals surface area contributed by atoms with Gasteiger partial charge in [0.2, 0.25) is 0 Å². The second-order valence-corrected chi connectivity index (χ2v) is 6.15. The summed E-state index contributed by atoms with van der Waals surface area (Å²) in [5.41, 5.74) is 1.20. The van der Waals surface area contributed by atoms with Crippen molar-refractivity contribution in [3.63, 3.8) is 0 Å². The van der Waals surface area contributed by atoms with Crippen LogP contribution in [-0.4, -0.2) is 30.6 Å². The number of benzene rings is 1. The summed E-state index contributed by atoms with van der Waals surface area (Å²) >= 11 is 0. The molecule has 1 unspecified atom stereocenters. The van der Waals surface area contributed by atoms with E-state index in [0.717, 1.165) is 6.42 Å². The third-order valence-corrected chi connectivity index (χ3v) is 4.53. The third-order valence-electron chi connectivity index (χ3n) is 4.53. The Morgan fingerprint density at radius 2 is 1.86 bits per heavy atom. The number of piperidine rings is 1. The normalized spacial score (nSPS) is 18.8. The van der Waals surface area contributed by atoms with Gasteiger partial charge in [0.25, 0.3) is 0 Å². The van der Waals surface area contributed by atoms with Crippen LogP contribution in [0.1, 0.15) is 57.6 Å². The molecule has 1 aliphatic rings. The summed E-state index contributed by atoms with van der Waals surface area (Å²) in [5, 5.41) is 3.77. The Morgan fingerprint density at radius 1 is 1.19 bits per heavy atom. The molecule has 1 saturated heterocycles. The summed E-state index contributed by atoms with van der Waals surface area (Å²) in [6.45, 7) is 8.10. The fourth-order valence-electron chi connectivity index (χ4n) is 3.13. The molecule has 1 N–H and O–H groups in total. The lowest BCUT2D eigenvalue weighted by Crippen LogP contribution is -2.43. The molecule has 0 aliphatic carbocycles. The van der Waals surface area contributed by atoms with Crippen molar-refractivity contribution >= 4 is 0 Å². The lowest BCUT2D eigenvalue weighted by atomic mass is 9.99. The molecule has 1 aromatic carbocycles. The zero-order valence-corrected chi connectivity index (χ0v) is 13.4. The van der Waals surface area contributed by atoms with Crippen molar-refractivity contribution < 1.29 is 4.39 Å². The van der Waals surface area contributed by atoms with Gasteiger partial charge in [0.05, 0.1) is 0 Å². The Hall–Kier alpha value is -0.930. The summed E-state index contributed by atoms with van der Waals surface area (Å²) in [7, 11) is 0. The van der Waals surface area contributed by atoms with E-state index in [9.17, 15) is 4.39 Å². The van der Waals surface area contributed by atoms with E-state index in [1.165, 1.54) is 50.9 Å². The minimum Gasteiger partial charge on any atom is -0.307 e. The van der Waals surface area contributed by atoms with Crippen molar-refractivity contribution in [2.24, 2.45) is 0 Å². The summed E-state index contributed by atoms with van der Waals surface area (Å²) in [6.07, 6.45) is 6.08. The fraction of sp³-hybridized carbons (Fsp3) is 0.667. The van der Waals surface area contributed by atoms with E-state index in [2.05, 4.69) is 24.1 Å². The van der Waals surface area contributed by atoms with Gasteiger partial charge in [0.1, 0.15) is 5.82 Å². The van der Waals surface area contributed by atoms with Gasteiger partial charge in [-0.2, -0.15) is 0 Å². The first-order valence-electron chi connectivity index (χ1n) is 8.46. The number of nitrogens with zero attached hydrogens (tertiary/aromatic N) is 1. The maximum absolute atomic E-state index is 13.0. The number of hydrogen-bond acceptors (Lipinski definition) is 2. The molecule has 1 aliphatic heterocycles. The van der Waals surface area contributed by atoms with Gasteiger partial charge in [-0.1, -0.05) is 32.4 Å². The van der Waals surface area contributed by atoms with Crippen molar-refractivity contribution in [1.82, 2.24) is 10.2 Å². The fourth-order valence-corrected chi connectivity index (χ4v) is 3.13. The van der Waals surface area contributed by atoms with Gasteiger partial charge in [-0.3, -0.25) is 0 Å². The van der Waals surface area contributed by atoms with Crippen LogP contribution in [0.15, 0.2) is 24.3 Å². The highest BCUT2D eigenvalue weighted by atomic mass is 19.1. The zero-order valence-electron chi connectivity index (χ0n) is 13.4. The molecule has 118 valence electrons. The van der Waals surface area contributed by atoms with Gasteiger partial charge in [0, 0.05) is 12.1 Å². The highest BCUT2D eigenvalue weighted by molar-refractivity contribution is 5.20. The standard InChI is InChI=1S/C18H29FN2/c1-3-5-12-21-13-10-17(11-14-21)20-18(4-2)15-6-8-16(19)9-7-15/h6-9,17-18,20H,3-5,10-14H2,1-2H3. The molecule has 0 bridgehead atoms. The Kier molecular flexibility index (Phi) is 6.65. The Balaban J connectivity index is 1.82. The minimum absolute atomic E-state index is 0.155. The molecular weight excluding hydrogens is 263 g/mol. The lowest BCUT2D eigenvalue weighted by molar-refractivity contribution is 0.188. The van der Waals surface area contributed by atoms with Crippen molar-refractivity contribution in [3.05, 3.63) is 35.6 Å². The molecular formula is C18H29FN2. The zero-order chi connectivity index (χ0) is 15.1. The van der Waals surface area contributed by atoms with Crippen molar-refractivity contribution in [3.8, 4) is 0 Å². The molecule has 0 amide bonds. The summed E-state index contributed by atoms with van der Waals surface area (Å²) in [4.78, 5) is 2.58. The molecule has 3 heteroatoms. The van der Waals surface area contributed by atoms with E-state index in [1.54, 1.807) is 12.1 Å². The molecule has 2 nitrogen and oxygen atoms in total. The maximum atomic E-state index is 13.0. The van der Waals surface area contributed by atoms with Crippen molar-refractivity contribution in [2.45, 2.75) is 58.0 Å². The van der Waals surface area contributed by atoms with E-state index in [-0.39, 0.29) is 5.82 Å². The van der Waals surface area contributed by atoms with E-state index in [1.807, 2.05) is 12.1 Å². The van der Waals surface area contributed by atoms with E-state index in [4.69, 9.17) is 0 Å².